The molecule has 5 nitrogen and oxygen atoms in total. The number of ether oxygens (including phenoxy) is 1. The Kier molecular flexibility index (Phi) is 10.5. The van der Waals surface area contributed by atoms with Crippen LogP contribution in [0.3, 0.4) is 0 Å². The molecule has 9 heteroatoms. The van der Waals surface area contributed by atoms with E-state index in [1.807, 2.05) is 0 Å². The Balaban J connectivity index is 3.14. The molecule has 0 aromatic heterocycles. The Morgan fingerprint density at radius 3 is 1.42 bits per heavy atom. The summed E-state index contributed by atoms with van der Waals surface area (Å²) in [5.74, 6) is 0.503. The minimum absolute atomic E-state index is 0.307. The first-order valence-corrected chi connectivity index (χ1v) is 17.2. The molecule has 0 N–H and O–H groups in total. The first kappa shape index (κ1) is 24.7. The van der Waals surface area contributed by atoms with Gasteiger partial charge in [-0.25, -0.2) is 0 Å². The zero-order valence-corrected chi connectivity index (χ0v) is 23.0. The van der Waals surface area contributed by atoms with Crippen LogP contribution in [0.15, 0.2) is 0 Å². The minimum atomic E-state index is -2.55. The van der Waals surface area contributed by atoms with Crippen molar-refractivity contribution in [1.29, 1.82) is 0 Å². The number of hydrogen-bond donors (Lipinski definition) is 0. The third-order valence-electron chi connectivity index (χ3n) is 4.43. The van der Waals surface area contributed by atoms with Crippen molar-refractivity contribution in [3.8, 4) is 0 Å². The summed E-state index contributed by atoms with van der Waals surface area (Å²) in [5, 5.41) is 0. The van der Waals surface area contributed by atoms with Crippen LogP contribution < -0.4 is 0 Å². The second kappa shape index (κ2) is 11.0. The molecule has 0 saturated carbocycles. The first-order chi connectivity index (χ1) is 12.0. The van der Waals surface area contributed by atoms with Crippen LogP contribution in [-0.2, 0) is 21.2 Å². The third-order valence-corrected chi connectivity index (χ3v) is 19.4. The van der Waals surface area contributed by atoms with Crippen molar-refractivity contribution in [1.82, 2.24) is 0 Å². The van der Waals surface area contributed by atoms with E-state index >= 15 is 0 Å². The molecule has 1 aliphatic rings. The lowest BCUT2D eigenvalue weighted by Gasteiger charge is -2.45. The molecule has 0 amide bonds. The van der Waals surface area contributed by atoms with Crippen LogP contribution in [-0.4, -0.2) is 49.2 Å². The highest BCUT2D eigenvalue weighted by atomic mass is 28.5. The SMILES string of the molecule is CC(C)COC[Si]1(C(C)C)O[SiH](C(C)C)O[SiH](C(C)C)O[SiH](C(C)C)O1. The fraction of sp³-hybridized carbons (Fsp3) is 1.00. The van der Waals surface area contributed by atoms with Crippen LogP contribution in [0.25, 0.3) is 0 Å². The standard InChI is InChI=1S/C17H42O5Si4/c1-13(2)11-18-12-26(17(9)10)21-24(15(5)6)19-23(14(3)4)20-25(22-26)16(7)8/h13-17,23-25H,11-12H2,1-10H3. The molecule has 1 fully saturated rings. The molecular weight excluding hydrogens is 397 g/mol. The zero-order valence-electron chi connectivity index (χ0n) is 18.6. The van der Waals surface area contributed by atoms with Gasteiger partial charge in [0.1, 0.15) is 0 Å². The van der Waals surface area contributed by atoms with Gasteiger partial charge in [-0.3, -0.25) is 0 Å². The summed E-state index contributed by atoms with van der Waals surface area (Å²) >= 11 is 0. The fourth-order valence-electron chi connectivity index (χ4n) is 2.62. The van der Waals surface area contributed by atoms with Crippen molar-refractivity contribution >= 4 is 36.4 Å². The lowest BCUT2D eigenvalue weighted by atomic mass is 10.2. The molecule has 1 saturated heterocycles. The van der Waals surface area contributed by atoms with Crippen molar-refractivity contribution in [2.75, 3.05) is 12.8 Å². The number of rotatable bonds is 8. The quantitative estimate of drug-likeness (QED) is 0.536. The van der Waals surface area contributed by atoms with Crippen LogP contribution in [0.2, 0.25) is 22.2 Å². The van der Waals surface area contributed by atoms with E-state index in [1.54, 1.807) is 0 Å². The molecule has 1 rings (SSSR count). The third kappa shape index (κ3) is 7.25. The lowest BCUT2D eigenvalue weighted by Crippen LogP contribution is -2.62. The average molecular weight is 439 g/mol. The highest BCUT2D eigenvalue weighted by Gasteiger charge is 2.50. The van der Waals surface area contributed by atoms with Crippen LogP contribution in [0.5, 0.6) is 0 Å². The molecular formula is C17H42O5Si4. The van der Waals surface area contributed by atoms with E-state index in [2.05, 4.69) is 69.2 Å². The molecule has 2 atom stereocenters. The second-order valence-corrected chi connectivity index (χ2v) is 22.6. The Morgan fingerprint density at radius 1 is 0.692 bits per heavy atom. The van der Waals surface area contributed by atoms with Gasteiger partial charge < -0.3 is 21.2 Å². The normalized spacial score (nSPS) is 31.3. The maximum Gasteiger partial charge on any atom is 0.349 e. The van der Waals surface area contributed by atoms with Crippen LogP contribution in [0.4, 0.5) is 0 Å². The molecule has 156 valence electrons. The van der Waals surface area contributed by atoms with Crippen LogP contribution >= 0.6 is 0 Å². The summed E-state index contributed by atoms with van der Waals surface area (Å²) in [7, 11) is -8.09. The van der Waals surface area contributed by atoms with E-state index in [0.717, 1.165) is 6.61 Å². The molecule has 1 aliphatic heterocycles. The summed E-state index contributed by atoms with van der Waals surface area (Å²) in [6, 6.07) is 0. The molecule has 0 radical (unpaired) electrons. The van der Waals surface area contributed by atoms with E-state index in [9.17, 15) is 0 Å². The largest absolute Gasteiger partial charge is 0.420 e. The van der Waals surface area contributed by atoms with Gasteiger partial charge in [0.15, 0.2) is 0 Å². The molecule has 26 heavy (non-hydrogen) atoms. The highest BCUT2D eigenvalue weighted by Crippen LogP contribution is 2.34. The van der Waals surface area contributed by atoms with Gasteiger partial charge >= 0.3 is 36.4 Å². The van der Waals surface area contributed by atoms with E-state index in [-0.39, 0.29) is 0 Å². The Hall–Kier alpha value is 0.668. The molecule has 2 unspecified atom stereocenters. The number of hydrogen-bond acceptors (Lipinski definition) is 5. The first-order valence-electron chi connectivity index (χ1n) is 10.2. The lowest BCUT2D eigenvalue weighted by molar-refractivity contribution is 0.114. The van der Waals surface area contributed by atoms with Crippen molar-refractivity contribution in [2.45, 2.75) is 91.4 Å². The van der Waals surface area contributed by atoms with Gasteiger partial charge in [0.05, 0.1) is 6.23 Å². The van der Waals surface area contributed by atoms with Gasteiger partial charge in [-0.05, 0) is 28.1 Å². The topological polar surface area (TPSA) is 46.2 Å². The van der Waals surface area contributed by atoms with Crippen molar-refractivity contribution < 1.29 is 21.2 Å². The summed E-state index contributed by atoms with van der Waals surface area (Å²) in [5.41, 5.74) is 1.52. The second-order valence-electron chi connectivity index (χ2n) is 9.22. The molecule has 1 heterocycles. The van der Waals surface area contributed by atoms with E-state index in [0.29, 0.717) is 34.3 Å². The van der Waals surface area contributed by atoms with Crippen molar-refractivity contribution in [3.05, 3.63) is 0 Å². The van der Waals surface area contributed by atoms with Crippen molar-refractivity contribution in [3.63, 3.8) is 0 Å². The van der Waals surface area contributed by atoms with E-state index < -0.39 is 36.4 Å². The monoisotopic (exact) mass is 438 g/mol. The predicted molar refractivity (Wildman–Crippen MR) is 118 cm³/mol. The minimum Gasteiger partial charge on any atom is -0.420 e. The fourth-order valence-corrected chi connectivity index (χ4v) is 21.5. The predicted octanol–water partition coefficient (Wildman–Crippen LogP) is 4.02. The maximum atomic E-state index is 6.84. The Labute approximate surface area is 167 Å². The maximum absolute atomic E-state index is 6.84. The molecule has 0 spiro atoms. The molecule has 0 bridgehead atoms. The van der Waals surface area contributed by atoms with E-state index in [4.69, 9.17) is 21.2 Å². The van der Waals surface area contributed by atoms with Crippen LogP contribution in [0, 0.1) is 5.92 Å². The Morgan fingerprint density at radius 2 is 1.12 bits per heavy atom. The molecule has 0 aromatic carbocycles. The highest BCUT2D eigenvalue weighted by molar-refractivity contribution is 6.83. The smallest absolute Gasteiger partial charge is 0.349 e. The average Bonchev–Trinajstić information content (AvgIpc) is 2.47. The molecule has 0 aliphatic carbocycles. The summed E-state index contributed by atoms with van der Waals surface area (Å²) < 4.78 is 33.0. The van der Waals surface area contributed by atoms with Crippen LogP contribution in [0.1, 0.15) is 69.2 Å². The van der Waals surface area contributed by atoms with Gasteiger partial charge in [-0.1, -0.05) is 69.2 Å². The Bertz CT molecular complexity index is 387. The van der Waals surface area contributed by atoms with Gasteiger partial charge in [-0.15, -0.1) is 0 Å². The van der Waals surface area contributed by atoms with Gasteiger partial charge in [0.2, 0.25) is 0 Å². The van der Waals surface area contributed by atoms with Crippen molar-refractivity contribution in [2.24, 2.45) is 5.92 Å². The summed E-state index contributed by atoms with van der Waals surface area (Å²) in [6.45, 7) is 22.7. The molecule has 0 aromatic rings. The zero-order chi connectivity index (χ0) is 20.1. The summed E-state index contributed by atoms with van der Waals surface area (Å²) in [6.07, 6.45) is 0.579. The van der Waals surface area contributed by atoms with Gasteiger partial charge in [0, 0.05) is 6.61 Å². The van der Waals surface area contributed by atoms with Gasteiger partial charge in [-0.2, -0.15) is 0 Å². The summed E-state index contributed by atoms with van der Waals surface area (Å²) in [4.78, 5) is 0. The van der Waals surface area contributed by atoms with E-state index in [1.165, 1.54) is 0 Å². The van der Waals surface area contributed by atoms with Gasteiger partial charge in [0.25, 0.3) is 0 Å².